The standard InChI is InChI=1S/C13H18FN3O/c1-3-4-12(15)17-13(18)16-8-10-6-5-9(2)11(14)7-10/h5-7H,3-4,8H2,1-2H3,(H3,15,16,17,18). The maximum atomic E-state index is 13.3. The first-order chi connectivity index (χ1) is 8.52. The Bertz CT molecular complexity index is 446. The minimum atomic E-state index is -0.436. The largest absolute Gasteiger partial charge is 0.334 e. The van der Waals surface area contributed by atoms with Crippen LogP contribution in [0.4, 0.5) is 9.18 Å². The molecule has 4 nitrogen and oxygen atoms in total. The van der Waals surface area contributed by atoms with Gasteiger partial charge in [-0.3, -0.25) is 10.7 Å². The van der Waals surface area contributed by atoms with Crippen LogP contribution in [0.25, 0.3) is 0 Å². The molecule has 0 radical (unpaired) electrons. The lowest BCUT2D eigenvalue weighted by Gasteiger charge is -2.08. The van der Waals surface area contributed by atoms with E-state index in [0.717, 1.165) is 6.42 Å². The van der Waals surface area contributed by atoms with E-state index in [-0.39, 0.29) is 18.2 Å². The zero-order valence-corrected chi connectivity index (χ0v) is 10.6. The molecular formula is C13H18FN3O. The second kappa shape index (κ2) is 6.74. The van der Waals surface area contributed by atoms with Gasteiger partial charge in [0.2, 0.25) is 0 Å². The highest BCUT2D eigenvalue weighted by atomic mass is 19.1. The molecule has 0 heterocycles. The summed E-state index contributed by atoms with van der Waals surface area (Å²) in [6, 6.07) is 4.39. The molecule has 5 heteroatoms. The first-order valence-corrected chi connectivity index (χ1v) is 5.90. The van der Waals surface area contributed by atoms with Crippen molar-refractivity contribution in [1.29, 1.82) is 5.41 Å². The van der Waals surface area contributed by atoms with E-state index in [1.165, 1.54) is 6.07 Å². The van der Waals surface area contributed by atoms with Crippen molar-refractivity contribution >= 4 is 11.9 Å². The number of amidine groups is 1. The van der Waals surface area contributed by atoms with Crippen LogP contribution in [0.3, 0.4) is 0 Å². The molecule has 2 amide bonds. The first-order valence-electron chi connectivity index (χ1n) is 5.90. The average molecular weight is 251 g/mol. The second-order valence-corrected chi connectivity index (χ2v) is 4.12. The van der Waals surface area contributed by atoms with E-state index in [1.54, 1.807) is 19.1 Å². The predicted octanol–water partition coefficient (Wildman–Crippen LogP) is 2.71. The Kier molecular flexibility index (Phi) is 5.30. The van der Waals surface area contributed by atoms with Crippen LogP contribution in [0.2, 0.25) is 0 Å². The highest BCUT2D eigenvalue weighted by Gasteiger charge is 2.04. The molecule has 0 unspecified atom stereocenters. The SMILES string of the molecule is CCCC(=N)NC(=O)NCc1ccc(C)c(F)c1. The van der Waals surface area contributed by atoms with Crippen LogP contribution in [-0.4, -0.2) is 11.9 Å². The van der Waals surface area contributed by atoms with E-state index in [4.69, 9.17) is 5.41 Å². The predicted molar refractivity (Wildman–Crippen MR) is 69.1 cm³/mol. The quantitative estimate of drug-likeness (QED) is 0.559. The van der Waals surface area contributed by atoms with Gasteiger partial charge in [-0.2, -0.15) is 0 Å². The van der Waals surface area contributed by atoms with Crippen LogP contribution in [0, 0.1) is 18.2 Å². The topological polar surface area (TPSA) is 65.0 Å². The van der Waals surface area contributed by atoms with E-state index in [9.17, 15) is 9.18 Å². The number of amides is 2. The molecule has 0 spiro atoms. The lowest BCUT2D eigenvalue weighted by molar-refractivity contribution is 0.244. The van der Waals surface area contributed by atoms with Crippen LogP contribution in [-0.2, 0) is 6.54 Å². The Morgan fingerprint density at radius 2 is 2.17 bits per heavy atom. The van der Waals surface area contributed by atoms with E-state index < -0.39 is 6.03 Å². The van der Waals surface area contributed by atoms with Gasteiger partial charge >= 0.3 is 6.03 Å². The van der Waals surface area contributed by atoms with Gasteiger partial charge < -0.3 is 5.32 Å². The molecule has 0 aliphatic carbocycles. The van der Waals surface area contributed by atoms with Crippen molar-refractivity contribution in [2.75, 3.05) is 0 Å². The van der Waals surface area contributed by atoms with E-state index in [1.807, 2.05) is 6.92 Å². The monoisotopic (exact) mass is 251 g/mol. The summed E-state index contributed by atoms with van der Waals surface area (Å²) in [5.41, 5.74) is 1.27. The number of rotatable bonds is 4. The van der Waals surface area contributed by atoms with Gasteiger partial charge in [0, 0.05) is 13.0 Å². The van der Waals surface area contributed by atoms with Crippen LogP contribution in [0.15, 0.2) is 18.2 Å². The number of nitrogens with one attached hydrogen (secondary N) is 3. The number of hydrogen-bond donors (Lipinski definition) is 3. The number of urea groups is 1. The van der Waals surface area contributed by atoms with Gasteiger partial charge in [-0.05, 0) is 30.5 Å². The molecule has 1 rings (SSSR count). The van der Waals surface area contributed by atoms with Crippen molar-refractivity contribution in [2.24, 2.45) is 0 Å². The highest BCUT2D eigenvalue weighted by molar-refractivity contribution is 5.95. The molecule has 98 valence electrons. The minimum absolute atomic E-state index is 0.185. The zero-order chi connectivity index (χ0) is 13.5. The van der Waals surface area contributed by atoms with Gasteiger partial charge in [-0.15, -0.1) is 0 Å². The molecule has 0 fully saturated rings. The third-order valence-corrected chi connectivity index (χ3v) is 2.45. The Morgan fingerprint density at radius 3 is 2.78 bits per heavy atom. The Balaban J connectivity index is 2.42. The molecule has 0 atom stereocenters. The van der Waals surface area contributed by atoms with E-state index in [0.29, 0.717) is 17.5 Å². The average Bonchev–Trinajstić information content (AvgIpc) is 2.31. The fraction of sp³-hybridized carbons (Fsp3) is 0.385. The number of benzene rings is 1. The smallest absolute Gasteiger partial charge is 0.320 e. The van der Waals surface area contributed by atoms with Gasteiger partial charge in [0.05, 0.1) is 0 Å². The molecule has 1 aromatic rings. The Hall–Kier alpha value is -1.91. The molecule has 0 bridgehead atoms. The third-order valence-electron chi connectivity index (χ3n) is 2.45. The van der Waals surface area contributed by atoms with Crippen molar-refractivity contribution in [2.45, 2.75) is 33.2 Å². The van der Waals surface area contributed by atoms with Gasteiger partial charge in [0.15, 0.2) is 0 Å². The van der Waals surface area contributed by atoms with Gasteiger partial charge in [-0.25, -0.2) is 9.18 Å². The molecular weight excluding hydrogens is 233 g/mol. The summed E-state index contributed by atoms with van der Waals surface area (Å²) >= 11 is 0. The van der Waals surface area contributed by atoms with Crippen molar-refractivity contribution in [3.63, 3.8) is 0 Å². The molecule has 0 aromatic heterocycles. The minimum Gasteiger partial charge on any atom is -0.334 e. The fourth-order valence-corrected chi connectivity index (χ4v) is 1.42. The van der Waals surface area contributed by atoms with Crippen LogP contribution in [0.1, 0.15) is 30.9 Å². The van der Waals surface area contributed by atoms with E-state index in [2.05, 4.69) is 10.6 Å². The molecule has 3 N–H and O–H groups in total. The zero-order valence-electron chi connectivity index (χ0n) is 10.6. The summed E-state index contributed by atoms with van der Waals surface area (Å²) in [6.45, 7) is 3.86. The number of carbonyl (C=O) groups excluding carboxylic acids is 1. The number of carbonyl (C=O) groups is 1. The highest BCUT2D eigenvalue weighted by Crippen LogP contribution is 2.08. The molecule has 0 saturated carbocycles. The van der Waals surface area contributed by atoms with Crippen molar-refractivity contribution < 1.29 is 9.18 Å². The van der Waals surface area contributed by atoms with Crippen LogP contribution in [0.5, 0.6) is 0 Å². The molecule has 0 saturated heterocycles. The summed E-state index contributed by atoms with van der Waals surface area (Å²) < 4.78 is 13.3. The summed E-state index contributed by atoms with van der Waals surface area (Å²) in [5.74, 6) is -0.0986. The fourth-order valence-electron chi connectivity index (χ4n) is 1.42. The maximum absolute atomic E-state index is 13.3. The van der Waals surface area contributed by atoms with Crippen molar-refractivity contribution in [3.05, 3.63) is 35.1 Å². The van der Waals surface area contributed by atoms with Gasteiger partial charge in [0.1, 0.15) is 11.7 Å². The summed E-state index contributed by atoms with van der Waals surface area (Å²) in [7, 11) is 0. The van der Waals surface area contributed by atoms with Crippen LogP contribution < -0.4 is 10.6 Å². The molecule has 0 aliphatic heterocycles. The summed E-state index contributed by atoms with van der Waals surface area (Å²) in [6.07, 6.45) is 1.34. The number of hydrogen-bond acceptors (Lipinski definition) is 2. The van der Waals surface area contributed by atoms with Crippen molar-refractivity contribution in [3.8, 4) is 0 Å². The van der Waals surface area contributed by atoms with Crippen molar-refractivity contribution in [1.82, 2.24) is 10.6 Å². The summed E-state index contributed by atoms with van der Waals surface area (Å²) in [4.78, 5) is 11.4. The summed E-state index contributed by atoms with van der Waals surface area (Å²) in [5, 5.41) is 12.4. The maximum Gasteiger partial charge on any atom is 0.320 e. The Labute approximate surface area is 106 Å². The van der Waals surface area contributed by atoms with Crippen LogP contribution >= 0.6 is 0 Å². The molecule has 0 aliphatic rings. The van der Waals surface area contributed by atoms with E-state index >= 15 is 0 Å². The number of aryl methyl sites for hydroxylation is 1. The van der Waals surface area contributed by atoms with Gasteiger partial charge in [0.25, 0.3) is 0 Å². The third kappa shape index (κ3) is 4.53. The number of halogens is 1. The second-order valence-electron chi connectivity index (χ2n) is 4.12. The lowest BCUT2D eigenvalue weighted by atomic mass is 10.1. The Morgan fingerprint density at radius 1 is 1.44 bits per heavy atom. The lowest BCUT2D eigenvalue weighted by Crippen LogP contribution is -2.38. The van der Waals surface area contributed by atoms with Gasteiger partial charge in [-0.1, -0.05) is 19.1 Å². The molecule has 18 heavy (non-hydrogen) atoms. The normalized spacial score (nSPS) is 9.94. The first kappa shape index (κ1) is 14.2. The molecule has 1 aromatic carbocycles.